The van der Waals surface area contributed by atoms with Crippen LogP contribution in [0.1, 0.15) is 0 Å². The summed E-state index contributed by atoms with van der Waals surface area (Å²) < 4.78 is 4.97. The zero-order valence-electron chi connectivity index (χ0n) is 9.68. The van der Waals surface area contributed by atoms with E-state index in [4.69, 9.17) is 9.84 Å². The van der Waals surface area contributed by atoms with Crippen LogP contribution in [0.25, 0.3) is 0 Å². The third-order valence-corrected chi connectivity index (χ3v) is 2.00. The van der Waals surface area contributed by atoms with E-state index < -0.39 is 12.1 Å². The van der Waals surface area contributed by atoms with Gasteiger partial charge in [-0.2, -0.15) is 9.90 Å². The van der Waals surface area contributed by atoms with Gasteiger partial charge in [0.05, 0.1) is 6.20 Å². The molecule has 0 fully saturated rings. The fourth-order valence-corrected chi connectivity index (χ4v) is 1.28. The zero-order chi connectivity index (χ0) is 13.7. The van der Waals surface area contributed by atoms with Crippen molar-refractivity contribution >= 4 is 17.9 Å². The van der Waals surface area contributed by atoms with Crippen LogP contribution in [0.15, 0.2) is 36.5 Å². The van der Waals surface area contributed by atoms with Crippen LogP contribution in [-0.2, 0) is 11.3 Å². The van der Waals surface area contributed by atoms with Crippen molar-refractivity contribution in [2.45, 2.75) is 6.54 Å². The number of ether oxygens (including phenoxy) is 1. The lowest BCUT2D eigenvalue weighted by Gasteiger charge is -2.03. The largest absolute Gasteiger partial charge is 0.480 e. The van der Waals surface area contributed by atoms with Gasteiger partial charge in [-0.25, -0.2) is 4.79 Å². The Labute approximate surface area is 107 Å². The molecule has 2 aromatic rings. The van der Waals surface area contributed by atoms with Crippen LogP contribution in [0.4, 0.5) is 10.6 Å². The summed E-state index contributed by atoms with van der Waals surface area (Å²) in [5.74, 6) is -0.575. The topological polar surface area (TPSA) is 106 Å². The second kappa shape index (κ2) is 5.63. The molecule has 2 N–H and O–H groups in total. The maximum atomic E-state index is 11.5. The standard InChI is InChI=1S/C11H10N4O4/c16-10(17)7-15-12-6-9(14-15)13-11(18)19-8-4-2-1-3-5-8/h1-6H,7H2,(H,16,17)(H,13,14,18). The Morgan fingerprint density at radius 2 is 2.05 bits per heavy atom. The molecule has 1 amide bonds. The van der Waals surface area contributed by atoms with Crippen LogP contribution in [-0.4, -0.2) is 32.2 Å². The number of aliphatic carboxylic acids is 1. The number of rotatable bonds is 4. The molecule has 8 heteroatoms. The molecule has 0 aliphatic rings. The number of aromatic nitrogens is 3. The molecule has 98 valence electrons. The molecule has 0 bridgehead atoms. The van der Waals surface area contributed by atoms with E-state index in [1.807, 2.05) is 0 Å². The number of anilines is 1. The van der Waals surface area contributed by atoms with E-state index in [2.05, 4.69) is 15.5 Å². The van der Waals surface area contributed by atoms with E-state index in [-0.39, 0.29) is 12.4 Å². The maximum absolute atomic E-state index is 11.5. The number of nitrogens with zero attached hydrogens (tertiary/aromatic N) is 3. The molecule has 1 aromatic heterocycles. The van der Waals surface area contributed by atoms with Crippen LogP contribution < -0.4 is 10.1 Å². The number of carboxylic acids is 1. The molecule has 0 spiro atoms. The van der Waals surface area contributed by atoms with Gasteiger partial charge in [-0.15, -0.1) is 5.10 Å². The van der Waals surface area contributed by atoms with E-state index in [0.29, 0.717) is 5.75 Å². The van der Waals surface area contributed by atoms with Crippen LogP contribution in [0.2, 0.25) is 0 Å². The van der Waals surface area contributed by atoms with E-state index in [1.165, 1.54) is 6.20 Å². The Bertz CT molecular complexity index is 581. The summed E-state index contributed by atoms with van der Waals surface area (Å²) in [5.41, 5.74) is 0. The Hall–Kier alpha value is -2.90. The summed E-state index contributed by atoms with van der Waals surface area (Å²) in [6.45, 7) is -0.380. The Balaban J connectivity index is 1.92. The summed E-state index contributed by atoms with van der Waals surface area (Å²) in [5, 5.41) is 18.3. The van der Waals surface area contributed by atoms with Gasteiger partial charge in [0, 0.05) is 0 Å². The molecule has 0 atom stereocenters. The Morgan fingerprint density at radius 3 is 2.74 bits per heavy atom. The van der Waals surface area contributed by atoms with Crippen LogP contribution >= 0.6 is 0 Å². The lowest BCUT2D eigenvalue weighted by molar-refractivity contribution is -0.138. The smallest absolute Gasteiger partial charge is 0.418 e. The van der Waals surface area contributed by atoms with E-state index >= 15 is 0 Å². The summed E-state index contributed by atoms with van der Waals surface area (Å²) in [7, 11) is 0. The number of para-hydroxylation sites is 1. The van der Waals surface area contributed by atoms with E-state index in [9.17, 15) is 9.59 Å². The first kappa shape index (κ1) is 12.6. The molecule has 1 aromatic carbocycles. The molecule has 0 radical (unpaired) electrons. The minimum atomic E-state index is -1.07. The van der Waals surface area contributed by atoms with Gasteiger partial charge in [-0.05, 0) is 12.1 Å². The Morgan fingerprint density at radius 1 is 1.32 bits per heavy atom. The van der Waals surface area contributed by atoms with Gasteiger partial charge < -0.3 is 9.84 Å². The maximum Gasteiger partial charge on any atom is 0.418 e. The fourth-order valence-electron chi connectivity index (χ4n) is 1.28. The van der Waals surface area contributed by atoms with E-state index in [1.54, 1.807) is 30.3 Å². The zero-order valence-corrected chi connectivity index (χ0v) is 9.68. The normalized spacial score (nSPS) is 9.89. The van der Waals surface area contributed by atoms with Crippen molar-refractivity contribution in [3.8, 4) is 5.75 Å². The minimum Gasteiger partial charge on any atom is -0.480 e. The van der Waals surface area contributed by atoms with Gasteiger partial charge in [0.2, 0.25) is 0 Å². The summed E-state index contributed by atoms with van der Waals surface area (Å²) in [6, 6.07) is 8.50. The van der Waals surface area contributed by atoms with E-state index in [0.717, 1.165) is 4.80 Å². The third-order valence-electron chi connectivity index (χ3n) is 2.00. The SMILES string of the molecule is O=C(O)Cn1ncc(NC(=O)Oc2ccccc2)n1. The number of nitrogens with one attached hydrogen (secondary N) is 1. The van der Waals surface area contributed by atoms with Gasteiger partial charge in [-0.1, -0.05) is 18.2 Å². The van der Waals surface area contributed by atoms with Gasteiger partial charge in [0.25, 0.3) is 0 Å². The summed E-state index contributed by atoms with van der Waals surface area (Å²) in [6.07, 6.45) is 0.503. The average molecular weight is 262 g/mol. The summed E-state index contributed by atoms with van der Waals surface area (Å²) >= 11 is 0. The number of carboxylic acid groups (broad SMARTS) is 1. The van der Waals surface area contributed by atoms with Gasteiger partial charge in [-0.3, -0.25) is 10.1 Å². The number of hydrogen-bond donors (Lipinski definition) is 2. The van der Waals surface area contributed by atoms with Crippen molar-refractivity contribution in [1.82, 2.24) is 15.0 Å². The van der Waals surface area contributed by atoms with Gasteiger partial charge >= 0.3 is 12.1 Å². The molecule has 0 aliphatic heterocycles. The molecule has 2 rings (SSSR count). The first-order chi connectivity index (χ1) is 9.13. The van der Waals surface area contributed by atoms with Gasteiger partial charge in [0.1, 0.15) is 5.75 Å². The molecule has 8 nitrogen and oxygen atoms in total. The average Bonchev–Trinajstić information content (AvgIpc) is 2.76. The molecule has 0 aliphatic carbocycles. The van der Waals surface area contributed by atoms with Crippen molar-refractivity contribution in [1.29, 1.82) is 0 Å². The lowest BCUT2D eigenvalue weighted by atomic mass is 10.3. The molecule has 0 saturated carbocycles. The highest BCUT2D eigenvalue weighted by atomic mass is 16.6. The van der Waals surface area contributed by atoms with Crippen molar-refractivity contribution in [2.24, 2.45) is 0 Å². The van der Waals surface area contributed by atoms with Crippen molar-refractivity contribution < 1.29 is 19.4 Å². The van der Waals surface area contributed by atoms with Crippen LogP contribution in [0, 0.1) is 0 Å². The number of amides is 1. The highest BCUT2D eigenvalue weighted by molar-refractivity contribution is 5.84. The second-order valence-electron chi connectivity index (χ2n) is 3.48. The fraction of sp³-hybridized carbons (Fsp3) is 0.0909. The molecular weight excluding hydrogens is 252 g/mol. The monoisotopic (exact) mass is 262 g/mol. The summed E-state index contributed by atoms with van der Waals surface area (Å²) in [4.78, 5) is 22.9. The molecule has 0 unspecified atom stereocenters. The molecule has 1 heterocycles. The van der Waals surface area contributed by atoms with Crippen LogP contribution in [0.5, 0.6) is 5.75 Å². The van der Waals surface area contributed by atoms with Crippen molar-refractivity contribution in [3.05, 3.63) is 36.5 Å². The third kappa shape index (κ3) is 3.80. The molecule has 0 saturated heterocycles. The number of carbonyl (C=O) groups excluding carboxylic acids is 1. The quantitative estimate of drug-likeness (QED) is 0.850. The van der Waals surface area contributed by atoms with Crippen molar-refractivity contribution in [2.75, 3.05) is 5.32 Å². The lowest BCUT2D eigenvalue weighted by Crippen LogP contribution is -2.17. The van der Waals surface area contributed by atoms with Crippen LogP contribution in [0.3, 0.4) is 0 Å². The second-order valence-corrected chi connectivity index (χ2v) is 3.48. The number of carbonyl (C=O) groups is 2. The molecule has 19 heavy (non-hydrogen) atoms. The van der Waals surface area contributed by atoms with Gasteiger partial charge in [0.15, 0.2) is 12.4 Å². The highest BCUT2D eigenvalue weighted by Gasteiger charge is 2.09. The first-order valence-electron chi connectivity index (χ1n) is 5.29. The Kier molecular flexibility index (Phi) is 3.72. The minimum absolute atomic E-state index is 0.113. The predicted molar refractivity (Wildman–Crippen MR) is 63.7 cm³/mol. The highest BCUT2D eigenvalue weighted by Crippen LogP contribution is 2.09. The van der Waals surface area contributed by atoms with Crippen molar-refractivity contribution in [3.63, 3.8) is 0 Å². The predicted octanol–water partition coefficient (Wildman–Crippen LogP) is 0.974. The number of hydrogen-bond acceptors (Lipinski definition) is 5. The number of benzene rings is 1. The first-order valence-corrected chi connectivity index (χ1v) is 5.29. The molecular formula is C11H10N4O4.